The molecule has 0 fully saturated rings. The lowest BCUT2D eigenvalue weighted by Crippen LogP contribution is -2.15. The van der Waals surface area contributed by atoms with Gasteiger partial charge in [-0.25, -0.2) is 9.97 Å². The zero-order valence-corrected chi connectivity index (χ0v) is 35.8. The fraction of sp³-hybridized carbons (Fsp3) is 0.0508. The highest BCUT2D eigenvalue weighted by Crippen LogP contribution is 2.50. The third kappa shape index (κ3) is 5.74. The Morgan fingerprint density at radius 3 is 1.54 bits per heavy atom. The molecule has 0 bridgehead atoms. The monoisotopic (exact) mass is 832 g/mol. The Balaban J connectivity index is 1.05. The average molecular weight is 833 g/mol. The largest absolute Gasteiger partial charge is 0.307 e. The quantitative estimate of drug-likeness (QED) is 0.167. The summed E-state index contributed by atoms with van der Waals surface area (Å²) in [5.41, 5.74) is 16.3. The van der Waals surface area contributed by atoms with Gasteiger partial charge in [0.05, 0.1) is 33.5 Å². The van der Waals surface area contributed by atoms with Gasteiger partial charge in [-0.05, 0) is 58.7 Å². The molecular formula is C59H40N6. The van der Waals surface area contributed by atoms with Crippen LogP contribution in [0, 0.1) is 0 Å². The van der Waals surface area contributed by atoms with Crippen LogP contribution in [0.25, 0.3) is 112 Å². The van der Waals surface area contributed by atoms with Crippen molar-refractivity contribution in [2.75, 3.05) is 0 Å². The number of nitrogens with zero attached hydrogens (tertiary/aromatic N) is 6. The highest BCUT2D eigenvalue weighted by molar-refractivity contribution is 6.23. The first-order valence-electron chi connectivity index (χ1n) is 22.1. The van der Waals surface area contributed by atoms with Gasteiger partial charge < -0.3 is 4.57 Å². The fourth-order valence-electron chi connectivity index (χ4n) is 10.3. The second-order valence-corrected chi connectivity index (χ2v) is 17.5. The van der Waals surface area contributed by atoms with Gasteiger partial charge in [-0.1, -0.05) is 184 Å². The zero-order valence-electron chi connectivity index (χ0n) is 35.8. The van der Waals surface area contributed by atoms with Gasteiger partial charge >= 0.3 is 0 Å². The van der Waals surface area contributed by atoms with E-state index in [1.54, 1.807) is 0 Å². The summed E-state index contributed by atoms with van der Waals surface area (Å²) in [6, 6.07) is 72.9. The summed E-state index contributed by atoms with van der Waals surface area (Å²) in [5, 5.41) is 4.61. The second kappa shape index (κ2) is 14.3. The van der Waals surface area contributed by atoms with Crippen LogP contribution in [-0.4, -0.2) is 29.1 Å². The van der Waals surface area contributed by atoms with Gasteiger partial charge in [0, 0.05) is 54.9 Å². The molecule has 8 aromatic carbocycles. The van der Waals surface area contributed by atoms with Crippen LogP contribution < -0.4 is 0 Å². The molecular weight excluding hydrogens is 793 g/mol. The number of fused-ring (bicyclic) bond motifs is 10. The Morgan fingerprint density at radius 2 is 0.862 bits per heavy atom. The third-order valence-electron chi connectivity index (χ3n) is 13.4. The van der Waals surface area contributed by atoms with Gasteiger partial charge in [-0.3, -0.25) is 4.57 Å². The van der Waals surface area contributed by atoms with Crippen LogP contribution in [0.5, 0.6) is 0 Å². The molecule has 65 heavy (non-hydrogen) atoms. The van der Waals surface area contributed by atoms with Crippen LogP contribution in [0.4, 0.5) is 0 Å². The van der Waals surface area contributed by atoms with E-state index in [0.29, 0.717) is 17.6 Å². The van der Waals surface area contributed by atoms with E-state index in [1.165, 1.54) is 33.0 Å². The molecule has 0 radical (unpaired) electrons. The van der Waals surface area contributed by atoms with E-state index in [1.807, 2.05) is 36.4 Å². The molecule has 0 spiro atoms. The van der Waals surface area contributed by atoms with Crippen molar-refractivity contribution in [3.05, 3.63) is 217 Å². The molecule has 306 valence electrons. The number of pyridine rings is 1. The highest BCUT2D eigenvalue weighted by Gasteiger charge is 2.35. The standard InChI is InChI=1S/C59H40N6/c1-59(2)48-23-12-9-20-42(48)43-33-32-41(36-49(43)59)64-52-26-13-10-21-44(52)46-34-35-47-45-22-11-14-27-53(45)65(55(47)54(46)64)58-62-56(39-18-7-4-8-19-39)61-57(63-58)40-30-28-38(29-31-40)51-25-15-24-50(60-51)37-16-5-3-6-17-37/h3-36H,1-2H3. The van der Waals surface area contributed by atoms with E-state index in [9.17, 15) is 0 Å². The van der Waals surface area contributed by atoms with Gasteiger partial charge in [0.1, 0.15) is 0 Å². The third-order valence-corrected chi connectivity index (χ3v) is 13.4. The molecule has 4 heterocycles. The second-order valence-electron chi connectivity index (χ2n) is 17.5. The summed E-state index contributed by atoms with van der Waals surface area (Å²) in [6.07, 6.45) is 0. The molecule has 1 aliphatic rings. The molecule has 0 N–H and O–H groups in total. The van der Waals surface area contributed by atoms with E-state index >= 15 is 0 Å². The van der Waals surface area contributed by atoms with Crippen LogP contribution in [-0.2, 0) is 5.41 Å². The number of para-hydroxylation sites is 2. The first-order valence-corrected chi connectivity index (χ1v) is 22.1. The van der Waals surface area contributed by atoms with Crippen molar-refractivity contribution >= 4 is 43.6 Å². The molecule has 0 atom stereocenters. The summed E-state index contributed by atoms with van der Waals surface area (Å²) in [4.78, 5) is 20.9. The van der Waals surface area contributed by atoms with E-state index in [2.05, 4.69) is 193 Å². The lowest BCUT2D eigenvalue weighted by molar-refractivity contribution is 0.660. The average Bonchev–Trinajstić information content (AvgIpc) is 3.97. The highest BCUT2D eigenvalue weighted by atomic mass is 15.2. The fourth-order valence-corrected chi connectivity index (χ4v) is 10.3. The summed E-state index contributed by atoms with van der Waals surface area (Å²) in [6.45, 7) is 4.69. The Bertz CT molecular complexity index is 3840. The number of aromatic nitrogens is 6. The van der Waals surface area contributed by atoms with Crippen LogP contribution in [0.2, 0.25) is 0 Å². The number of hydrogen-bond donors (Lipinski definition) is 0. The number of benzene rings is 8. The van der Waals surface area contributed by atoms with E-state index in [-0.39, 0.29) is 5.41 Å². The maximum absolute atomic E-state index is 5.40. The maximum Gasteiger partial charge on any atom is 0.238 e. The molecule has 0 saturated heterocycles. The van der Waals surface area contributed by atoms with Crippen molar-refractivity contribution in [2.45, 2.75) is 19.3 Å². The van der Waals surface area contributed by atoms with Crippen molar-refractivity contribution in [3.8, 4) is 68.1 Å². The van der Waals surface area contributed by atoms with Crippen LogP contribution >= 0.6 is 0 Å². The molecule has 6 nitrogen and oxygen atoms in total. The summed E-state index contributed by atoms with van der Waals surface area (Å²) >= 11 is 0. The summed E-state index contributed by atoms with van der Waals surface area (Å²) in [5.74, 6) is 1.74. The lowest BCUT2D eigenvalue weighted by atomic mass is 9.82. The molecule has 0 saturated carbocycles. The van der Waals surface area contributed by atoms with Gasteiger partial charge in [0.25, 0.3) is 0 Å². The molecule has 1 aliphatic carbocycles. The summed E-state index contributed by atoms with van der Waals surface area (Å²) < 4.78 is 4.72. The molecule has 4 aromatic heterocycles. The molecule has 0 unspecified atom stereocenters. The van der Waals surface area contributed by atoms with Gasteiger partial charge in [0.2, 0.25) is 5.95 Å². The molecule has 12 aromatic rings. The Hall–Kier alpha value is -8.48. The number of hydrogen-bond acceptors (Lipinski definition) is 4. The molecule has 0 amide bonds. The Labute approximate surface area is 375 Å². The zero-order chi connectivity index (χ0) is 43.2. The van der Waals surface area contributed by atoms with Crippen LogP contribution in [0.15, 0.2) is 206 Å². The molecule has 13 rings (SSSR count). The predicted molar refractivity (Wildman–Crippen MR) is 266 cm³/mol. The minimum atomic E-state index is -0.152. The molecule has 0 aliphatic heterocycles. The van der Waals surface area contributed by atoms with Crippen molar-refractivity contribution in [1.29, 1.82) is 0 Å². The minimum Gasteiger partial charge on any atom is -0.307 e. The topological polar surface area (TPSA) is 61.4 Å². The van der Waals surface area contributed by atoms with E-state index in [0.717, 1.165) is 72.2 Å². The first-order chi connectivity index (χ1) is 32.0. The Kier molecular flexibility index (Phi) is 8.15. The van der Waals surface area contributed by atoms with E-state index in [4.69, 9.17) is 19.9 Å². The smallest absolute Gasteiger partial charge is 0.238 e. The lowest BCUT2D eigenvalue weighted by Gasteiger charge is -2.22. The van der Waals surface area contributed by atoms with Crippen molar-refractivity contribution in [2.24, 2.45) is 0 Å². The molecule has 6 heteroatoms. The van der Waals surface area contributed by atoms with Crippen LogP contribution in [0.3, 0.4) is 0 Å². The van der Waals surface area contributed by atoms with Gasteiger partial charge in [-0.2, -0.15) is 9.97 Å². The van der Waals surface area contributed by atoms with Crippen molar-refractivity contribution in [3.63, 3.8) is 0 Å². The van der Waals surface area contributed by atoms with E-state index < -0.39 is 0 Å². The Morgan fingerprint density at radius 1 is 0.354 bits per heavy atom. The van der Waals surface area contributed by atoms with Gasteiger partial charge in [-0.15, -0.1) is 0 Å². The predicted octanol–water partition coefficient (Wildman–Crippen LogP) is 14.4. The maximum atomic E-state index is 5.40. The SMILES string of the molecule is CC1(C)c2ccccc2-c2ccc(-n3c4ccccc4c4ccc5c6ccccc6n(-c6nc(-c7ccccc7)nc(-c7ccc(-c8cccc(-c9ccccc9)n8)cc7)n6)c5c43)cc21. The minimum absolute atomic E-state index is 0.152. The summed E-state index contributed by atoms with van der Waals surface area (Å²) in [7, 11) is 0. The van der Waals surface area contributed by atoms with Crippen LogP contribution in [0.1, 0.15) is 25.0 Å². The number of rotatable bonds is 6. The van der Waals surface area contributed by atoms with Gasteiger partial charge in [0.15, 0.2) is 11.6 Å². The van der Waals surface area contributed by atoms with Crippen molar-refractivity contribution in [1.82, 2.24) is 29.1 Å². The normalized spacial score (nSPS) is 12.9. The van der Waals surface area contributed by atoms with Crippen molar-refractivity contribution < 1.29 is 0 Å². The first kappa shape index (κ1) is 37.1.